The summed E-state index contributed by atoms with van der Waals surface area (Å²) in [5.41, 5.74) is 14.6. The lowest BCUT2D eigenvalue weighted by Crippen LogP contribution is -2.56. The minimum atomic E-state index is -1.14. The molecule has 14 heteroatoms. The van der Waals surface area contributed by atoms with Crippen LogP contribution in [0.3, 0.4) is 0 Å². The lowest BCUT2D eigenvalue weighted by molar-refractivity contribution is -0.132. The van der Waals surface area contributed by atoms with Gasteiger partial charge in [0, 0.05) is 35.0 Å². The van der Waals surface area contributed by atoms with Crippen LogP contribution in [0.4, 0.5) is 0 Å². The van der Waals surface area contributed by atoms with Gasteiger partial charge in [-0.15, -0.1) is 0 Å². The molecule has 4 rings (SSSR count). The molecule has 0 aliphatic heterocycles. The van der Waals surface area contributed by atoms with Crippen molar-refractivity contribution in [2.24, 2.45) is 11.5 Å². The van der Waals surface area contributed by atoms with Crippen LogP contribution in [0.1, 0.15) is 23.6 Å². The number of nitrogens with one attached hydrogen (secondary N) is 5. The van der Waals surface area contributed by atoms with Crippen LogP contribution in [0.2, 0.25) is 5.02 Å². The number of carbonyl (C=O) groups excluding carboxylic acids is 5. The summed E-state index contributed by atoms with van der Waals surface area (Å²) < 4.78 is 0. The van der Waals surface area contributed by atoms with Crippen molar-refractivity contribution < 1.29 is 29.1 Å². The van der Waals surface area contributed by atoms with Crippen LogP contribution in [0.15, 0.2) is 79.0 Å². The second kappa shape index (κ2) is 16.4. The Morgan fingerprint density at radius 1 is 0.792 bits per heavy atom. The highest BCUT2D eigenvalue weighted by molar-refractivity contribution is 6.30. The molecule has 4 aromatic rings. The summed E-state index contributed by atoms with van der Waals surface area (Å²) in [6.07, 6.45) is 2.07. The van der Waals surface area contributed by atoms with Crippen LogP contribution in [0.5, 0.6) is 5.75 Å². The number of para-hydroxylation sites is 1. The molecule has 4 atom stereocenters. The van der Waals surface area contributed by atoms with Crippen LogP contribution < -0.4 is 32.7 Å². The second-order valence-corrected chi connectivity index (χ2v) is 11.8. The van der Waals surface area contributed by atoms with Gasteiger partial charge >= 0.3 is 0 Å². The molecule has 0 bridgehead atoms. The zero-order chi connectivity index (χ0) is 34.8. The zero-order valence-electron chi connectivity index (χ0n) is 26.2. The van der Waals surface area contributed by atoms with Gasteiger partial charge in [-0.3, -0.25) is 24.0 Å². The van der Waals surface area contributed by atoms with Gasteiger partial charge in [0.05, 0.1) is 12.6 Å². The molecule has 0 aliphatic rings. The molecular weight excluding hydrogens is 638 g/mol. The standard InChI is InChI=1S/C34H38ClN7O6/c1-19(40-33(47)26(36)14-20-8-12-24(43)13-9-20)32(46)39-18-30(44)41-29(16-22-17-38-27-5-3-2-4-25(22)27)34(48)42-28(31(37)45)15-21-6-10-23(35)11-7-21/h2-13,17,19,26,28-29,38,43H,14-16,18,36H2,1H3,(H2,37,45)(H,39,46)(H,40,47)(H,41,44)(H,42,48)/t19-,26+,28+,29+/m1/s1. The topological polar surface area (TPSA) is 222 Å². The fraction of sp³-hybridized carbons (Fsp3) is 0.265. The molecule has 5 amide bonds. The third-order valence-electron chi connectivity index (χ3n) is 7.67. The Balaban J connectivity index is 1.38. The summed E-state index contributed by atoms with van der Waals surface area (Å²) in [4.78, 5) is 67.3. The molecule has 10 N–H and O–H groups in total. The predicted octanol–water partition coefficient (Wildman–Crippen LogP) is 0.958. The number of rotatable bonds is 15. The first-order chi connectivity index (χ1) is 22.9. The number of aromatic nitrogens is 1. The number of phenols is 1. The van der Waals surface area contributed by atoms with E-state index in [1.54, 1.807) is 42.6 Å². The Labute approximate surface area is 281 Å². The van der Waals surface area contributed by atoms with Crippen molar-refractivity contribution in [3.63, 3.8) is 0 Å². The van der Waals surface area contributed by atoms with Crippen molar-refractivity contribution in [1.82, 2.24) is 26.3 Å². The number of amides is 5. The molecule has 0 spiro atoms. The molecule has 0 fully saturated rings. The van der Waals surface area contributed by atoms with E-state index in [0.29, 0.717) is 10.6 Å². The van der Waals surface area contributed by atoms with Crippen molar-refractivity contribution in [3.05, 3.63) is 101 Å². The van der Waals surface area contributed by atoms with E-state index in [2.05, 4.69) is 26.3 Å². The molecule has 0 unspecified atom stereocenters. The van der Waals surface area contributed by atoms with E-state index in [9.17, 15) is 29.1 Å². The number of aromatic hydroxyl groups is 1. The zero-order valence-corrected chi connectivity index (χ0v) is 26.9. The first kappa shape index (κ1) is 35.5. The van der Waals surface area contributed by atoms with Crippen molar-refractivity contribution in [2.75, 3.05) is 6.54 Å². The number of benzene rings is 3. The highest BCUT2D eigenvalue weighted by atomic mass is 35.5. The number of halogens is 1. The van der Waals surface area contributed by atoms with Gasteiger partial charge in [-0.2, -0.15) is 0 Å². The SMILES string of the molecule is C[C@@H](NC(=O)[C@@H](N)Cc1ccc(O)cc1)C(=O)NCC(=O)N[C@@H](Cc1c[nH]c2ccccc12)C(=O)N[C@@H](Cc1ccc(Cl)cc1)C(N)=O. The lowest BCUT2D eigenvalue weighted by Gasteiger charge is -2.22. The number of hydrogen-bond acceptors (Lipinski definition) is 7. The van der Waals surface area contributed by atoms with Crippen molar-refractivity contribution in [2.45, 2.75) is 50.4 Å². The first-order valence-corrected chi connectivity index (χ1v) is 15.6. The number of H-pyrrole nitrogens is 1. The van der Waals surface area contributed by atoms with Gasteiger partial charge in [-0.25, -0.2) is 0 Å². The minimum absolute atomic E-state index is 0.0628. The average Bonchev–Trinajstić information content (AvgIpc) is 3.47. The summed E-state index contributed by atoms with van der Waals surface area (Å²) >= 11 is 5.96. The summed E-state index contributed by atoms with van der Waals surface area (Å²) in [5, 5.41) is 21.1. The number of phenolic OH excluding ortho intramolecular Hbond substituents is 1. The molecule has 0 saturated heterocycles. The van der Waals surface area contributed by atoms with Crippen molar-refractivity contribution >= 4 is 52.0 Å². The summed E-state index contributed by atoms with van der Waals surface area (Å²) in [5.74, 6) is -3.24. The fourth-order valence-corrected chi connectivity index (χ4v) is 5.14. The quantitative estimate of drug-likeness (QED) is 0.0911. The smallest absolute Gasteiger partial charge is 0.243 e. The number of aromatic amines is 1. The van der Waals surface area contributed by atoms with E-state index < -0.39 is 60.2 Å². The number of nitrogens with two attached hydrogens (primary N) is 2. The maximum absolute atomic E-state index is 13.6. The van der Waals surface area contributed by atoms with E-state index in [1.807, 2.05) is 24.3 Å². The average molecular weight is 676 g/mol. The predicted molar refractivity (Wildman–Crippen MR) is 181 cm³/mol. The highest BCUT2D eigenvalue weighted by Crippen LogP contribution is 2.19. The van der Waals surface area contributed by atoms with E-state index in [0.717, 1.165) is 22.0 Å². The van der Waals surface area contributed by atoms with Gasteiger partial charge in [0.2, 0.25) is 29.5 Å². The van der Waals surface area contributed by atoms with Gasteiger partial charge in [-0.1, -0.05) is 54.1 Å². The first-order valence-electron chi connectivity index (χ1n) is 15.2. The third kappa shape index (κ3) is 10.0. The Morgan fingerprint density at radius 2 is 1.44 bits per heavy atom. The summed E-state index contributed by atoms with van der Waals surface area (Å²) in [6.45, 7) is 0.941. The van der Waals surface area contributed by atoms with Gasteiger partial charge in [-0.05, 0) is 60.4 Å². The minimum Gasteiger partial charge on any atom is -0.508 e. The molecule has 13 nitrogen and oxygen atoms in total. The molecule has 0 radical (unpaired) electrons. The number of carbonyl (C=O) groups is 5. The number of fused-ring (bicyclic) bond motifs is 1. The van der Waals surface area contributed by atoms with Gasteiger partial charge in [0.25, 0.3) is 0 Å². The maximum Gasteiger partial charge on any atom is 0.243 e. The molecule has 0 aliphatic carbocycles. The van der Waals surface area contributed by atoms with E-state index >= 15 is 0 Å². The highest BCUT2D eigenvalue weighted by Gasteiger charge is 2.28. The summed E-state index contributed by atoms with van der Waals surface area (Å²) in [7, 11) is 0. The Bertz CT molecular complexity index is 1760. The third-order valence-corrected chi connectivity index (χ3v) is 7.92. The molecule has 3 aromatic carbocycles. The van der Waals surface area contributed by atoms with Crippen LogP contribution in [0.25, 0.3) is 10.9 Å². The molecular formula is C34H38ClN7O6. The van der Waals surface area contributed by atoms with Crippen LogP contribution in [0, 0.1) is 0 Å². The molecule has 1 aromatic heterocycles. The number of hydrogen-bond donors (Lipinski definition) is 8. The van der Waals surface area contributed by atoms with Crippen LogP contribution >= 0.6 is 11.6 Å². The normalized spacial score (nSPS) is 13.5. The van der Waals surface area contributed by atoms with Gasteiger partial charge < -0.3 is 42.8 Å². The molecule has 0 saturated carbocycles. The fourth-order valence-electron chi connectivity index (χ4n) is 5.01. The Kier molecular flexibility index (Phi) is 12.1. The van der Waals surface area contributed by atoms with E-state index in [1.165, 1.54) is 19.1 Å². The molecule has 1 heterocycles. The largest absolute Gasteiger partial charge is 0.508 e. The molecule has 252 valence electrons. The van der Waals surface area contributed by atoms with Crippen LogP contribution in [-0.2, 0) is 43.2 Å². The van der Waals surface area contributed by atoms with Gasteiger partial charge in [0.15, 0.2) is 0 Å². The van der Waals surface area contributed by atoms with E-state index in [-0.39, 0.29) is 25.0 Å². The number of primary amides is 1. The summed E-state index contributed by atoms with van der Waals surface area (Å²) in [6, 6.07) is 16.2. The van der Waals surface area contributed by atoms with Gasteiger partial charge in [0.1, 0.15) is 23.9 Å². The Morgan fingerprint density at radius 3 is 2.12 bits per heavy atom. The monoisotopic (exact) mass is 675 g/mol. The van der Waals surface area contributed by atoms with Crippen molar-refractivity contribution in [1.29, 1.82) is 0 Å². The lowest BCUT2D eigenvalue weighted by atomic mass is 10.0. The van der Waals surface area contributed by atoms with Crippen molar-refractivity contribution in [3.8, 4) is 5.75 Å². The molecule has 48 heavy (non-hydrogen) atoms. The maximum atomic E-state index is 13.6. The van der Waals surface area contributed by atoms with E-state index in [4.69, 9.17) is 23.1 Å². The van der Waals surface area contributed by atoms with Crippen LogP contribution in [-0.4, -0.2) is 70.3 Å². The Hall–Kier alpha value is -5.40. The second-order valence-electron chi connectivity index (χ2n) is 11.4.